The summed E-state index contributed by atoms with van der Waals surface area (Å²) >= 11 is 5.42. The van der Waals surface area contributed by atoms with Crippen LogP contribution in [0.1, 0.15) is 17.5 Å². The Morgan fingerprint density at radius 1 is 1.14 bits per heavy atom. The van der Waals surface area contributed by atoms with Crippen molar-refractivity contribution in [1.82, 2.24) is 9.78 Å². The number of aliphatic hydroxyl groups excluding tert-OH is 1. The number of carbonyl (C=O) groups is 1. The predicted molar refractivity (Wildman–Crippen MR) is 137 cm³/mol. The maximum Gasteiger partial charge on any atom is 0.329 e. The summed E-state index contributed by atoms with van der Waals surface area (Å²) in [6, 6.07) is 20.6. The summed E-state index contributed by atoms with van der Waals surface area (Å²) in [5.41, 5.74) is 3.36. The number of hydrogen-bond acceptors (Lipinski definition) is 6. The van der Waals surface area contributed by atoms with Crippen LogP contribution in [0.5, 0.6) is 5.75 Å². The highest BCUT2D eigenvalue weighted by molar-refractivity contribution is 7.71. The number of anilines is 2. The number of carboxylic acid groups (broad SMARTS) is 1. The van der Waals surface area contributed by atoms with Crippen LogP contribution in [0.25, 0.3) is 5.69 Å². The number of para-hydroxylation sites is 1. The molecular formula is C26H24N5O4S+. The lowest BCUT2D eigenvalue weighted by atomic mass is 10.1. The zero-order chi connectivity index (χ0) is 25.4. The molecule has 0 bridgehead atoms. The number of hydrogen-bond donors (Lipinski definition) is 3. The van der Waals surface area contributed by atoms with E-state index >= 15 is 0 Å². The third-order valence-corrected chi connectivity index (χ3v) is 6.47. The molecule has 9 nitrogen and oxygen atoms in total. The first kappa shape index (κ1) is 23.5. The minimum atomic E-state index is -1.14. The number of carboxylic acids is 1. The highest BCUT2D eigenvalue weighted by Gasteiger charge is 2.42. The third kappa shape index (κ3) is 4.16. The van der Waals surface area contributed by atoms with Gasteiger partial charge in [0, 0.05) is 36.0 Å². The molecule has 2 unspecified atom stereocenters. The van der Waals surface area contributed by atoms with E-state index in [0.717, 1.165) is 11.5 Å². The van der Waals surface area contributed by atoms with Crippen molar-refractivity contribution in [2.24, 2.45) is 12.0 Å². The molecule has 3 N–H and O–H groups in total. The highest BCUT2D eigenvalue weighted by Crippen LogP contribution is 2.44. The van der Waals surface area contributed by atoms with Gasteiger partial charge in [-0.25, -0.2) is 9.79 Å². The summed E-state index contributed by atoms with van der Waals surface area (Å²) < 4.78 is 10.1. The zero-order valence-electron chi connectivity index (χ0n) is 19.6. The third-order valence-electron chi connectivity index (χ3n) is 6.19. The van der Waals surface area contributed by atoms with Crippen molar-refractivity contribution in [3.63, 3.8) is 0 Å². The van der Waals surface area contributed by atoms with Crippen LogP contribution >= 0.6 is 12.2 Å². The van der Waals surface area contributed by atoms with E-state index in [1.54, 1.807) is 47.4 Å². The van der Waals surface area contributed by atoms with Gasteiger partial charge in [-0.2, -0.15) is 9.25 Å². The Balaban J connectivity index is 1.39. The minimum absolute atomic E-state index is 0.478. The Morgan fingerprint density at radius 2 is 1.92 bits per heavy atom. The number of benzene rings is 3. The number of nitrogens with one attached hydrogen (secondary N) is 1. The topological polar surface area (TPSA) is 107 Å². The van der Waals surface area contributed by atoms with Crippen LogP contribution < -0.4 is 14.2 Å². The lowest BCUT2D eigenvalue weighted by molar-refractivity contribution is -0.610. The maximum atomic E-state index is 12.0. The standard InChI is InChI=1S/C26H23N5O4S/c1-16-29(2)28-26(36)30(16)18-8-5-7-17(13-18)27-15-35-20-10-6-9-19(14-20)31-22-12-4-3-11-21(22)24(32)23(31)25(33)34/h3-15,23-24,32H,1-2H3,(H-,28,33,34,36)/p+1. The molecule has 0 spiro atoms. The molecule has 182 valence electrons. The van der Waals surface area contributed by atoms with Crippen LogP contribution in [0.15, 0.2) is 77.8 Å². The Hall–Kier alpha value is -4.28. The van der Waals surface area contributed by atoms with Crippen molar-refractivity contribution < 1.29 is 24.3 Å². The number of aliphatic hydroxyl groups is 1. The van der Waals surface area contributed by atoms with Crippen molar-refractivity contribution in [1.29, 1.82) is 0 Å². The molecule has 0 radical (unpaired) electrons. The van der Waals surface area contributed by atoms with Crippen LogP contribution in [0, 0.1) is 11.7 Å². The summed E-state index contributed by atoms with van der Waals surface area (Å²) in [5, 5.41) is 23.5. The maximum absolute atomic E-state index is 12.0. The van der Waals surface area contributed by atoms with Gasteiger partial charge in [-0.1, -0.05) is 30.3 Å². The summed E-state index contributed by atoms with van der Waals surface area (Å²) in [5.74, 6) is 0.312. The van der Waals surface area contributed by atoms with Crippen LogP contribution in [0.4, 0.5) is 17.1 Å². The highest BCUT2D eigenvalue weighted by atomic mass is 32.1. The van der Waals surface area contributed by atoms with Gasteiger partial charge in [-0.15, -0.1) is 5.10 Å². The van der Waals surface area contributed by atoms with Crippen molar-refractivity contribution in [3.05, 3.63) is 89.0 Å². The molecule has 0 aliphatic carbocycles. The molecule has 2 heterocycles. The lowest BCUT2D eigenvalue weighted by Gasteiger charge is -2.26. The minimum Gasteiger partial charge on any atom is -0.480 e. The Morgan fingerprint density at radius 3 is 2.67 bits per heavy atom. The van der Waals surface area contributed by atoms with Gasteiger partial charge in [0.25, 0.3) is 0 Å². The van der Waals surface area contributed by atoms with Crippen molar-refractivity contribution >= 4 is 41.6 Å². The van der Waals surface area contributed by atoms with Gasteiger partial charge in [0.15, 0.2) is 12.4 Å². The average molecular weight is 503 g/mol. The number of rotatable bonds is 6. The largest absolute Gasteiger partial charge is 0.480 e. The first-order chi connectivity index (χ1) is 17.3. The Kier molecular flexibility index (Phi) is 6.13. The second kappa shape index (κ2) is 9.40. The fraction of sp³-hybridized carbons (Fsp3) is 0.154. The normalized spacial score (nSPS) is 16.9. The van der Waals surface area contributed by atoms with E-state index < -0.39 is 18.1 Å². The molecule has 0 amide bonds. The van der Waals surface area contributed by atoms with Gasteiger partial charge >= 0.3 is 10.7 Å². The van der Waals surface area contributed by atoms with Gasteiger partial charge in [-0.05, 0) is 42.5 Å². The summed E-state index contributed by atoms with van der Waals surface area (Å²) in [7, 11) is 1.89. The summed E-state index contributed by atoms with van der Waals surface area (Å²) in [4.78, 5) is 18.0. The lowest BCUT2D eigenvalue weighted by Crippen LogP contribution is -2.37. The molecule has 3 aromatic carbocycles. The van der Waals surface area contributed by atoms with Crippen molar-refractivity contribution in [3.8, 4) is 11.4 Å². The molecule has 36 heavy (non-hydrogen) atoms. The van der Waals surface area contributed by atoms with E-state index in [0.29, 0.717) is 33.1 Å². The number of aliphatic imine (C=N–C) groups is 1. The van der Waals surface area contributed by atoms with E-state index in [9.17, 15) is 15.0 Å². The monoisotopic (exact) mass is 502 g/mol. The van der Waals surface area contributed by atoms with Crippen LogP contribution in [-0.4, -0.2) is 38.4 Å². The second-order valence-electron chi connectivity index (χ2n) is 8.38. The van der Waals surface area contributed by atoms with Gasteiger partial charge in [0.1, 0.15) is 17.5 Å². The molecule has 2 atom stereocenters. The molecule has 5 rings (SSSR count). The van der Waals surface area contributed by atoms with E-state index in [-0.39, 0.29) is 0 Å². The zero-order valence-corrected chi connectivity index (χ0v) is 20.4. The van der Waals surface area contributed by atoms with Crippen LogP contribution in [0.2, 0.25) is 0 Å². The predicted octanol–water partition coefficient (Wildman–Crippen LogP) is 4.04. The van der Waals surface area contributed by atoms with Crippen LogP contribution in [-0.2, 0) is 11.8 Å². The van der Waals surface area contributed by atoms with Gasteiger partial charge in [0.05, 0.1) is 12.7 Å². The summed E-state index contributed by atoms with van der Waals surface area (Å²) in [6.07, 6.45) is 0.194. The van der Waals surface area contributed by atoms with E-state index in [1.165, 1.54) is 6.40 Å². The smallest absolute Gasteiger partial charge is 0.329 e. The van der Waals surface area contributed by atoms with Gasteiger partial charge in [-0.3, -0.25) is 0 Å². The number of aromatic amines is 1. The number of aliphatic carboxylic acids is 1. The second-order valence-corrected chi connectivity index (χ2v) is 8.77. The molecule has 0 saturated carbocycles. The molecule has 1 aromatic heterocycles. The fourth-order valence-electron chi connectivity index (χ4n) is 4.41. The molecule has 4 aromatic rings. The number of H-pyrrole nitrogens is 1. The number of fused-ring (bicyclic) bond motifs is 1. The van der Waals surface area contributed by atoms with Crippen molar-refractivity contribution in [2.75, 3.05) is 4.90 Å². The van der Waals surface area contributed by atoms with E-state index in [1.807, 2.05) is 53.6 Å². The number of nitrogens with zero attached hydrogens (tertiary/aromatic N) is 4. The first-order valence-electron chi connectivity index (χ1n) is 11.2. The van der Waals surface area contributed by atoms with Gasteiger partial charge < -0.3 is 19.8 Å². The van der Waals surface area contributed by atoms with Gasteiger partial charge in [0.2, 0.25) is 5.82 Å². The quantitative estimate of drug-likeness (QED) is 0.159. The van der Waals surface area contributed by atoms with E-state index in [2.05, 4.69) is 10.1 Å². The van der Waals surface area contributed by atoms with Crippen molar-refractivity contribution in [2.45, 2.75) is 19.1 Å². The molecule has 10 heteroatoms. The number of aromatic nitrogens is 3. The SMILES string of the molecule is Cc1n(C)[nH]c(=S)[n+]1-c1cccc(N=COc2cccc(N3c4ccccc4C(O)C3C(=O)O)c2)c1. The number of aryl methyl sites for hydroxylation is 1. The average Bonchev–Trinajstić information content (AvgIpc) is 3.31. The first-order valence-corrected chi connectivity index (χ1v) is 11.6. The fourth-order valence-corrected chi connectivity index (χ4v) is 4.78. The molecule has 1 aliphatic heterocycles. The number of ether oxygens (including phenoxy) is 1. The Labute approximate surface area is 212 Å². The molecule has 0 fully saturated rings. The van der Waals surface area contributed by atoms with Crippen LogP contribution in [0.3, 0.4) is 0 Å². The molecular weight excluding hydrogens is 478 g/mol. The Bertz CT molecular complexity index is 1540. The molecule has 1 aliphatic rings. The summed E-state index contributed by atoms with van der Waals surface area (Å²) in [6.45, 7) is 1.96. The van der Waals surface area contributed by atoms with E-state index in [4.69, 9.17) is 17.0 Å². The molecule has 0 saturated heterocycles.